The van der Waals surface area contributed by atoms with Crippen molar-refractivity contribution in [3.05, 3.63) is 182 Å². The van der Waals surface area contributed by atoms with Crippen molar-refractivity contribution in [2.45, 2.75) is 0 Å². The predicted octanol–water partition coefficient (Wildman–Crippen LogP) is 14.0. The van der Waals surface area contributed by atoms with Gasteiger partial charge >= 0.3 is 0 Å². The number of anilines is 3. The van der Waals surface area contributed by atoms with E-state index in [4.69, 9.17) is 13.8 Å². The van der Waals surface area contributed by atoms with Gasteiger partial charge in [-0.05, 0) is 81.2 Å². The van der Waals surface area contributed by atoms with Gasteiger partial charge in [0.25, 0.3) is 0 Å². The smallest absolute Gasteiger partial charge is 0.228 e. The van der Waals surface area contributed by atoms with Crippen LogP contribution in [0.3, 0.4) is 0 Å². The molecule has 9 aromatic carbocycles. The second-order valence-electron chi connectivity index (χ2n) is 13.5. The summed E-state index contributed by atoms with van der Waals surface area (Å²) in [5.74, 6) is 0.580. The van der Waals surface area contributed by atoms with Gasteiger partial charge in [0.05, 0.1) is 5.69 Å². The molecule has 0 aliphatic heterocycles. The van der Waals surface area contributed by atoms with E-state index in [0.717, 1.165) is 72.0 Å². The minimum Gasteiger partial charge on any atom is -0.456 e. The fourth-order valence-corrected chi connectivity index (χ4v) is 8.02. The second kappa shape index (κ2) is 11.7. The van der Waals surface area contributed by atoms with Gasteiger partial charge in [-0.25, -0.2) is 4.98 Å². The highest BCUT2D eigenvalue weighted by Gasteiger charge is 2.21. The number of nitrogens with zero attached hydrogens (tertiary/aromatic N) is 2. The summed E-state index contributed by atoms with van der Waals surface area (Å²) in [6, 6.07) is 64.0. The Labute approximate surface area is 304 Å². The van der Waals surface area contributed by atoms with Gasteiger partial charge in [0.2, 0.25) is 5.89 Å². The third-order valence-corrected chi connectivity index (χ3v) is 10.5. The first-order chi connectivity index (χ1) is 26.3. The Kier molecular flexibility index (Phi) is 6.52. The zero-order chi connectivity index (χ0) is 34.9. The van der Waals surface area contributed by atoms with E-state index in [2.05, 4.69) is 157 Å². The second-order valence-corrected chi connectivity index (χ2v) is 13.5. The highest BCUT2D eigenvalue weighted by molar-refractivity contribution is 6.13. The molecule has 0 fully saturated rings. The van der Waals surface area contributed by atoms with Gasteiger partial charge in [0.1, 0.15) is 16.7 Å². The Morgan fingerprint density at radius 3 is 1.94 bits per heavy atom. The lowest BCUT2D eigenvalue weighted by molar-refractivity contribution is 0.623. The number of aromatic nitrogens is 1. The molecule has 0 spiro atoms. The van der Waals surface area contributed by atoms with E-state index >= 15 is 0 Å². The summed E-state index contributed by atoms with van der Waals surface area (Å²) in [6.07, 6.45) is 0. The number of rotatable bonds is 5. The standard InChI is InChI=1S/C49H30N2O2/c1-4-18-37-31(11-1)14-8-21-38(37)34-16-7-17-35(29-34)51(44-23-9-15-32-12-2-5-19-39(32)44)36-26-27-41-46(30-36)52-45-24-10-22-42(47(41)45)49-50-43-28-25-33-13-3-6-20-40(33)48(43)53-49/h1-30H. The monoisotopic (exact) mass is 678 g/mol. The summed E-state index contributed by atoms with van der Waals surface area (Å²) in [5.41, 5.74) is 9.62. The van der Waals surface area contributed by atoms with Gasteiger partial charge in [-0.2, -0.15) is 0 Å². The first-order valence-electron chi connectivity index (χ1n) is 17.9. The normalized spacial score (nSPS) is 11.8. The molecular weight excluding hydrogens is 649 g/mol. The van der Waals surface area contributed by atoms with Crippen LogP contribution in [0.15, 0.2) is 191 Å². The van der Waals surface area contributed by atoms with Crippen LogP contribution in [0, 0.1) is 0 Å². The van der Waals surface area contributed by atoms with Crippen LogP contribution in [0.2, 0.25) is 0 Å². The Morgan fingerprint density at radius 2 is 1.08 bits per heavy atom. The molecule has 0 atom stereocenters. The molecule has 11 aromatic rings. The van der Waals surface area contributed by atoms with E-state index in [0.29, 0.717) is 5.89 Å². The molecular formula is C49H30N2O2. The van der Waals surface area contributed by atoms with Crippen molar-refractivity contribution in [3.63, 3.8) is 0 Å². The van der Waals surface area contributed by atoms with Gasteiger partial charge in [0.15, 0.2) is 5.58 Å². The molecule has 0 N–H and O–H groups in total. The zero-order valence-corrected chi connectivity index (χ0v) is 28.5. The van der Waals surface area contributed by atoms with Gasteiger partial charge < -0.3 is 13.7 Å². The Hall–Kier alpha value is -7.17. The van der Waals surface area contributed by atoms with Crippen LogP contribution in [0.25, 0.3) is 87.9 Å². The fourth-order valence-electron chi connectivity index (χ4n) is 8.02. The molecule has 4 heteroatoms. The number of benzene rings is 9. The molecule has 0 saturated heterocycles. The molecule has 11 rings (SSSR count). The van der Waals surface area contributed by atoms with Gasteiger partial charge in [-0.1, -0.05) is 127 Å². The van der Waals surface area contributed by atoms with Crippen molar-refractivity contribution >= 4 is 82.4 Å². The van der Waals surface area contributed by atoms with Crippen LogP contribution < -0.4 is 4.90 Å². The quantitative estimate of drug-likeness (QED) is 0.182. The third-order valence-electron chi connectivity index (χ3n) is 10.5. The lowest BCUT2D eigenvalue weighted by Crippen LogP contribution is -2.10. The Bertz CT molecular complexity index is 3200. The third kappa shape index (κ3) is 4.73. The summed E-state index contributed by atoms with van der Waals surface area (Å²) in [4.78, 5) is 7.30. The first kappa shape index (κ1) is 29.5. The zero-order valence-electron chi connectivity index (χ0n) is 28.5. The van der Waals surface area contributed by atoms with Crippen LogP contribution in [0.5, 0.6) is 0 Å². The van der Waals surface area contributed by atoms with Crippen molar-refractivity contribution in [1.82, 2.24) is 4.98 Å². The van der Waals surface area contributed by atoms with E-state index in [1.54, 1.807) is 0 Å². The highest BCUT2D eigenvalue weighted by atomic mass is 16.3. The average molecular weight is 679 g/mol. The maximum atomic E-state index is 6.65. The van der Waals surface area contributed by atoms with Crippen molar-refractivity contribution < 1.29 is 8.83 Å². The van der Waals surface area contributed by atoms with E-state index in [-0.39, 0.29) is 0 Å². The minimum atomic E-state index is 0.580. The summed E-state index contributed by atoms with van der Waals surface area (Å²) < 4.78 is 13.2. The van der Waals surface area contributed by atoms with Crippen molar-refractivity contribution in [2.75, 3.05) is 4.90 Å². The topological polar surface area (TPSA) is 42.4 Å². The molecule has 0 amide bonds. The molecule has 248 valence electrons. The van der Waals surface area contributed by atoms with Crippen LogP contribution in [0.4, 0.5) is 17.1 Å². The molecule has 0 unspecified atom stereocenters. The molecule has 4 nitrogen and oxygen atoms in total. The number of hydrogen-bond acceptors (Lipinski definition) is 4. The molecule has 0 radical (unpaired) electrons. The molecule has 53 heavy (non-hydrogen) atoms. The summed E-state index contributed by atoms with van der Waals surface area (Å²) in [7, 11) is 0. The van der Waals surface area contributed by atoms with Gasteiger partial charge in [-0.3, -0.25) is 0 Å². The van der Waals surface area contributed by atoms with Gasteiger partial charge in [0, 0.05) is 44.5 Å². The van der Waals surface area contributed by atoms with Crippen LogP contribution in [0.1, 0.15) is 0 Å². The van der Waals surface area contributed by atoms with Crippen LogP contribution in [-0.2, 0) is 0 Å². The largest absolute Gasteiger partial charge is 0.456 e. The van der Waals surface area contributed by atoms with Crippen molar-refractivity contribution in [2.24, 2.45) is 0 Å². The van der Waals surface area contributed by atoms with Crippen LogP contribution in [-0.4, -0.2) is 4.98 Å². The summed E-state index contributed by atoms with van der Waals surface area (Å²) in [6.45, 7) is 0. The number of hydrogen-bond donors (Lipinski definition) is 0. The van der Waals surface area contributed by atoms with Crippen molar-refractivity contribution in [1.29, 1.82) is 0 Å². The van der Waals surface area contributed by atoms with E-state index < -0.39 is 0 Å². The molecule has 0 saturated carbocycles. The lowest BCUT2D eigenvalue weighted by atomic mass is 9.97. The molecule has 2 aromatic heterocycles. The van der Waals surface area contributed by atoms with E-state index in [9.17, 15) is 0 Å². The highest BCUT2D eigenvalue weighted by Crippen LogP contribution is 2.44. The average Bonchev–Trinajstić information content (AvgIpc) is 3.83. The fraction of sp³-hybridized carbons (Fsp3) is 0. The Balaban J connectivity index is 1.10. The molecule has 2 heterocycles. The maximum absolute atomic E-state index is 6.65. The number of fused-ring (bicyclic) bond motifs is 8. The van der Waals surface area contributed by atoms with E-state index in [1.165, 1.54) is 27.1 Å². The molecule has 0 aliphatic carbocycles. The lowest BCUT2D eigenvalue weighted by Gasteiger charge is -2.27. The SMILES string of the molecule is c1cc(-c2cccc3ccccc23)cc(N(c2ccc3c(c2)oc2cccc(-c4nc5ccc6ccccc6c5o4)c23)c2cccc3ccccc23)c1. The predicted molar refractivity (Wildman–Crippen MR) is 219 cm³/mol. The maximum Gasteiger partial charge on any atom is 0.228 e. The molecule has 0 bridgehead atoms. The summed E-state index contributed by atoms with van der Waals surface area (Å²) in [5, 5.41) is 8.98. The summed E-state index contributed by atoms with van der Waals surface area (Å²) >= 11 is 0. The molecule has 0 aliphatic rings. The number of oxazole rings is 1. The van der Waals surface area contributed by atoms with E-state index in [1.807, 2.05) is 30.3 Å². The van der Waals surface area contributed by atoms with Crippen molar-refractivity contribution in [3.8, 4) is 22.6 Å². The minimum absolute atomic E-state index is 0.580. The first-order valence-corrected chi connectivity index (χ1v) is 17.9. The number of furan rings is 1. The van der Waals surface area contributed by atoms with Crippen LogP contribution >= 0.6 is 0 Å². The Morgan fingerprint density at radius 1 is 0.415 bits per heavy atom. The van der Waals surface area contributed by atoms with Gasteiger partial charge in [-0.15, -0.1) is 0 Å².